The van der Waals surface area contributed by atoms with Crippen molar-refractivity contribution in [2.24, 2.45) is 0 Å². The van der Waals surface area contributed by atoms with Crippen LogP contribution in [-0.2, 0) is 0 Å². The standard InChI is InChI=1S/C7H4IN5O2/c8-7-9-10-11-12(7)5-1-3-6(4-2-5)13(14)15/h1-4H. The van der Waals surface area contributed by atoms with E-state index in [-0.39, 0.29) is 5.69 Å². The van der Waals surface area contributed by atoms with E-state index >= 15 is 0 Å². The first kappa shape index (κ1) is 9.96. The summed E-state index contributed by atoms with van der Waals surface area (Å²) >= 11 is 1.97. The van der Waals surface area contributed by atoms with Gasteiger partial charge in [-0.15, -0.1) is 5.10 Å². The smallest absolute Gasteiger partial charge is 0.258 e. The lowest BCUT2D eigenvalue weighted by molar-refractivity contribution is -0.384. The molecule has 0 fully saturated rings. The number of tetrazole rings is 1. The van der Waals surface area contributed by atoms with Gasteiger partial charge < -0.3 is 0 Å². The highest BCUT2D eigenvalue weighted by atomic mass is 127. The van der Waals surface area contributed by atoms with Gasteiger partial charge in [-0.3, -0.25) is 10.1 Å². The first-order valence-electron chi connectivity index (χ1n) is 3.87. The molecule has 0 aliphatic heterocycles. The van der Waals surface area contributed by atoms with Crippen LogP contribution in [0.2, 0.25) is 0 Å². The maximum absolute atomic E-state index is 10.4. The number of aromatic nitrogens is 4. The number of halogens is 1. The van der Waals surface area contributed by atoms with Crippen LogP contribution in [0.3, 0.4) is 0 Å². The van der Waals surface area contributed by atoms with Crippen LogP contribution in [-0.4, -0.2) is 25.1 Å². The molecule has 1 heterocycles. The number of benzene rings is 1. The molecule has 0 saturated heterocycles. The number of hydrogen-bond acceptors (Lipinski definition) is 5. The first-order valence-corrected chi connectivity index (χ1v) is 4.95. The predicted molar refractivity (Wildman–Crippen MR) is 58.5 cm³/mol. The lowest BCUT2D eigenvalue weighted by Crippen LogP contribution is -1.99. The Labute approximate surface area is 97.4 Å². The summed E-state index contributed by atoms with van der Waals surface area (Å²) < 4.78 is 2.09. The van der Waals surface area contributed by atoms with Gasteiger partial charge in [0, 0.05) is 34.7 Å². The molecular formula is C7H4IN5O2. The Hall–Kier alpha value is -1.58. The van der Waals surface area contributed by atoms with E-state index in [4.69, 9.17) is 0 Å². The van der Waals surface area contributed by atoms with Crippen molar-refractivity contribution in [3.63, 3.8) is 0 Å². The molecule has 1 aromatic carbocycles. The van der Waals surface area contributed by atoms with Gasteiger partial charge in [0.25, 0.3) is 5.69 Å². The maximum atomic E-state index is 10.4. The predicted octanol–water partition coefficient (Wildman–Crippen LogP) is 1.18. The zero-order chi connectivity index (χ0) is 10.8. The van der Waals surface area contributed by atoms with Gasteiger partial charge in [-0.1, -0.05) is 0 Å². The van der Waals surface area contributed by atoms with Crippen molar-refractivity contribution >= 4 is 28.3 Å². The van der Waals surface area contributed by atoms with Gasteiger partial charge in [-0.2, -0.15) is 4.68 Å². The minimum Gasteiger partial charge on any atom is -0.258 e. The molecule has 0 saturated carbocycles. The Bertz CT molecular complexity index is 494. The van der Waals surface area contributed by atoms with Crippen molar-refractivity contribution in [1.29, 1.82) is 0 Å². The van der Waals surface area contributed by atoms with Crippen LogP contribution in [0.5, 0.6) is 0 Å². The summed E-state index contributed by atoms with van der Waals surface area (Å²) in [5.74, 6) is 0. The lowest BCUT2D eigenvalue weighted by Gasteiger charge is -1.99. The van der Waals surface area contributed by atoms with Crippen molar-refractivity contribution in [3.05, 3.63) is 38.2 Å². The minimum atomic E-state index is -0.450. The molecule has 0 bridgehead atoms. The highest BCUT2D eigenvalue weighted by Crippen LogP contribution is 2.15. The number of nitrogens with zero attached hydrogens (tertiary/aromatic N) is 5. The van der Waals surface area contributed by atoms with Crippen molar-refractivity contribution in [2.75, 3.05) is 0 Å². The van der Waals surface area contributed by atoms with Crippen molar-refractivity contribution in [3.8, 4) is 5.69 Å². The first-order chi connectivity index (χ1) is 7.18. The fraction of sp³-hybridized carbons (Fsp3) is 0. The summed E-state index contributed by atoms with van der Waals surface area (Å²) in [6.45, 7) is 0. The summed E-state index contributed by atoms with van der Waals surface area (Å²) in [6.07, 6.45) is 0. The molecule has 76 valence electrons. The van der Waals surface area contributed by atoms with E-state index < -0.39 is 4.92 Å². The molecule has 0 N–H and O–H groups in total. The van der Waals surface area contributed by atoms with E-state index in [1.807, 2.05) is 22.6 Å². The summed E-state index contributed by atoms with van der Waals surface area (Å²) in [5, 5.41) is 21.3. The second kappa shape index (κ2) is 3.88. The third kappa shape index (κ3) is 1.93. The Morgan fingerprint density at radius 2 is 2.00 bits per heavy atom. The van der Waals surface area contributed by atoms with E-state index in [0.717, 1.165) is 0 Å². The average Bonchev–Trinajstić information content (AvgIpc) is 2.65. The van der Waals surface area contributed by atoms with Crippen molar-refractivity contribution in [2.45, 2.75) is 0 Å². The van der Waals surface area contributed by atoms with Gasteiger partial charge in [0.2, 0.25) is 3.83 Å². The van der Waals surface area contributed by atoms with E-state index in [0.29, 0.717) is 9.52 Å². The van der Waals surface area contributed by atoms with Crippen LogP contribution >= 0.6 is 22.6 Å². The van der Waals surface area contributed by atoms with E-state index in [2.05, 4.69) is 15.5 Å². The zero-order valence-corrected chi connectivity index (χ0v) is 9.40. The molecule has 0 unspecified atom stereocenters. The molecule has 0 aliphatic rings. The van der Waals surface area contributed by atoms with Gasteiger partial charge >= 0.3 is 0 Å². The second-order valence-electron chi connectivity index (χ2n) is 2.63. The van der Waals surface area contributed by atoms with Crippen LogP contribution in [0.25, 0.3) is 5.69 Å². The van der Waals surface area contributed by atoms with Crippen LogP contribution < -0.4 is 0 Å². The van der Waals surface area contributed by atoms with Gasteiger partial charge in [-0.25, -0.2) is 0 Å². The third-order valence-electron chi connectivity index (χ3n) is 1.74. The Balaban J connectivity index is 2.40. The molecule has 2 rings (SSSR count). The Morgan fingerprint density at radius 1 is 1.33 bits per heavy atom. The maximum Gasteiger partial charge on any atom is 0.269 e. The third-order valence-corrected chi connectivity index (χ3v) is 2.41. The summed E-state index contributed by atoms with van der Waals surface area (Å²) in [6, 6.07) is 6.01. The molecule has 2 aromatic rings. The van der Waals surface area contributed by atoms with Crippen LogP contribution in [0.15, 0.2) is 24.3 Å². The molecule has 8 heteroatoms. The van der Waals surface area contributed by atoms with E-state index in [9.17, 15) is 10.1 Å². The van der Waals surface area contributed by atoms with E-state index in [1.165, 1.54) is 16.8 Å². The zero-order valence-electron chi connectivity index (χ0n) is 7.24. The number of nitro benzene ring substituents is 1. The SMILES string of the molecule is O=[N+]([O-])c1ccc(-n2nnnc2I)cc1. The minimum absolute atomic E-state index is 0.0434. The molecule has 0 atom stereocenters. The van der Waals surface area contributed by atoms with Gasteiger partial charge in [0.05, 0.1) is 10.6 Å². The molecular weight excluding hydrogens is 313 g/mol. The molecule has 7 nitrogen and oxygen atoms in total. The number of hydrogen-bond donors (Lipinski definition) is 0. The summed E-state index contributed by atoms with van der Waals surface area (Å²) in [7, 11) is 0. The van der Waals surface area contributed by atoms with Gasteiger partial charge in [-0.05, 0) is 22.6 Å². The fourth-order valence-electron chi connectivity index (χ4n) is 1.05. The molecule has 15 heavy (non-hydrogen) atoms. The number of rotatable bonds is 2. The largest absolute Gasteiger partial charge is 0.269 e. The highest BCUT2D eigenvalue weighted by Gasteiger charge is 2.07. The van der Waals surface area contributed by atoms with Gasteiger partial charge in [0.15, 0.2) is 0 Å². The normalized spacial score (nSPS) is 10.2. The highest BCUT2D eigenvalue weighted by molar-refractivity contribution is 14.1. The quantitative estimate of drug-likeness (QED) is 0.471. The van der Waals surface area contributed by atoms with Gasteiger partial charge in [0.1, 0.15) is 0 Å². The molecule has 0 radical (unpaired) electrons. The number of non-ortho nitro benzene ring substituents is 1. The molecule has 0 aliphatic carbocycles. The average molecular weight is 317 g/mol. The summed E-state index contributed by atoms with van der Waals surface area (Å²) in [4.78, 5) is 9.97. The second-order valence-corrected chi connectivity index (χ2v) is 3.60. The summed E-state index contributed by atoms with van der Waals surface area (Å²) in [5.41, 5.74) is 0.733. The Kier molecular flexibility index (Phi) is 2.58. The topological polar surface area (TPSA) is 86.7 Å². The van der Waals surface area contributed by atoms with Crippen molar-refractivity contribution in [1.82, 2.24) is 20.2 Å². The lowest BCUT2D eigenvalue weighted by atomic mass is 10.3. The van der Waals surface area contributed by atoms with E-state index in [1.54, 1.807) is 12.1 Å². The molecule has 0 amide bonds. The van der Waals surface area contributed by atoms with Crippen LogP contribution in [0.4, 0.5) is 5.69 Å². The van der Waals surface area contributed by atoms with Crippen LogP contribution in [0.1, 0.15) is 0 Å². The van der Waals surface area contributed by atoms with Crippen molar-refractivity contribution < 1.29 is 4.92 Å². The van der Waals surface area contributed by atoms with Crippen LogP contribution in [0, 0.1) is 13.9 Å². The molecule has 1 aromatic heterocycles. The fourth-order valence-corrected chi connectivity index (χ4v) is 1.52. The monoisotopic (exact) mass is 317 g/mol. The number of nitro groups is 1. The Morgan fingerprint density at radius 3 is 2.47 bits per heavy atom. The molecule has 0 spiro atoms.